The highest BCUT2D eigenvalue weighted by atomic mass is 79.9. The lowest BCUT2D eigenvalue weighted by molar-refractivity contribution is -0.0643. The molecule has 0 aromatic heterocycles. The van der Waals surface area contributed by atoms with Crippen LogP contribution in [0.2, 0.25) is 0 Å². The smallest absolute Gasteiger partial charge is 0.131 e. The molecule has 0 amide bonds. The largest absolute Gasteiger partial charge is 0.485 e. The number of aliphatic hydroxyl groups excluding tert-OH is 1. The van der Waals surface area contributed by atoms with E-state index in [4.69, 9.17) is 10.5 Å². The summed E-state index contributed by atoms with van der Waals surface area (Å²) in [5.41, 5.74) is 8.12. The molecule has 24 heavy (non-hydrogen) atoms. The topological polar surface area (TPSA) is 67.5 Å². The minimum atomic E-state index is -0.683. The van der Waals surface area contributed by atoms with Crippen molar-refractivity contribution in [2.75, 3.05) is 12.3 Å². The van der Waals surface area contributed by atoms with Gasteiger partial charge in [0.1, 0.15) is 17.5 Å². The van der Waals surface area contributed by atoms with Gasteiger partial charge in [0.25, 0.3) is 0 Å². The van der Waals surface area contributed by atoms with E-state index in [1.807, 2.05) is 44.2 Å². The van der Waals surface area contributed by atoms with Crippen LogP contribution in [0, 0.1) is 0 Å². The van der Waals surface area contributed by atoms with Crippen molar-refractivity contribution in [2.45, 2.75) is 38.0 Å². The Bertz CT molecular complexity index is 719. The quantitative estimate of drug-likeness (QED) is 0.699. The molecule has 0 aliphatic carbocycles. The fraction of sp³-hybridized carbons (Fsp3) is 0.368. The highest BCUT2D eigenvalue weighted by Gasteiger charge is 2.42. The number of hydrogen-bond acceptors (Lipinski definition) is 4. The summed E-state index contributed by atoms with van der Waals surface area (Å²) >= 11 is 3.47. The third kappa shape index (κ3) is 3.43. The minimum Gasteiger partial charge on any atom is -0.485 e. The van der Waals surface area contributed by atoms with Gasteiger partial charge in [-0.25, -0.2) is 0 Å². The standard InChI is InChI=1S/C19H23BrN2O2/c1-19(2)18(23)17(22-9-8-12-6-4-3-5-7-12)13-10-14(20)15(21)11-16(13)24-19/h3-7,10-11,17-18,22-23H,8-9,21H2,1-2H3/t17-,18+/m0/s1. The van der Waals surface area contributed by atoms with Crippen LogP contribution in [0.4, 0.5) is 5.69 Å². The first-order valence-corrected chi connectivity index (χ1v) is 8.91. The third-order valence-corrected chi connectivity index (χ3v) is 5.17. The number of aliphatic hydroxyl groups is 1. The number of benzene rings is 2. The molecule has 0 saturated carbocycles. The zero-order valence-corrected chi connectivity index (χ0v) is 15.5. The van der Waals surface area contributed by atoms with Crippen LogP contribution in [0.25, 0.3) is 0 Å². The molecule has 5 heteroatoms. The van der Waals surface area contributed by atoms with Crippen molar-refractivity contribution in [2.24, 2.45) is 0 Å². The summed E-state index contributed by atoms with van der Waals surface area (Å²) in [5.74, 6) is 0.725. The van der Waals surface area contributed by atoms with E-state index in [0.29, 0.717) is 5.69 Å². The third-order valence-electron chi connectivity index (χ3n) is 4.49. The molecule has 0 fully saturated rings. The molecule has 1 heterocycles. The summed E-state index contributed by atoms with van der Waals surface area (Å²) in [4.78, 5) is 0. The predicted molar refractivity (Wildman–Crippen MR) is 100 cm³/mol. The van der Waals surface area contributed by atoms with Gasteiger partial charge in [-0.1, -0.05) is 30.3 Å². The van der Waals surface area contributed by atoms with Crippen molar-refractivity contribution in [3.63, 3.8) is 0 Å². The van der Waals surface area contributed by atoms with Crippen LogP contribution in [0.15, 0.2) is 46.9 Å². The Balaban J connectivity index is 1.82. The highest BCUT2D eigenvalue weighted by Crippen LogP contribution is 2.42. The molecule has 3 rings (SSSR count). The Kier molecular flexibility index (Phi) is 4.85. The molecule has 4 N–H and O–H groups in total. The first-order valence-electron chi connectivity index (χ1n) is 8.12. The average molecular weight is 391 g/mol. The minimum absolute atomic E-state index is 0.204. The molecule has 4 nitrogen and oxygen atoms in total. The molecule has 2 aromatic carbocycles. The molecule has 1 aliphatic rings. The van der Waals surface area contributed by atoms with Crippen molar-refractivity contribution in [1.82, 2.24) is 5.32 Å². The van der Waals surface area contributed by atoms with Gasteiger partial charge in [-0.15, -0.1) is 0 Å². The van der Waals surface area contributed by atoms with Crippen LogP contribution in [-0.2, 0) is 6.42 Å². The number of halogens is 1. The van der Waals surface area contributed by atoms with E-state index in [1.54, 1.807) is 0 Å². The molecule has 128 valence electrons. The van der Waals surface area contributed by atoms with Crippen molar-refractivity contribution in [3.8, 4) is 5.75 Å². The summed E-state index contributed by atoms with van der Waals surface area (Å²) in [6.45, 7) is 4.55. The fourth-order valence-electron chi connectivity index (χ4n) is 3.07. The lowest BCUT2D eigenvalue weighted by Crippen LogP contribution is -2.52. The lowest BCUT2D eigenvalue weighted by Gasteiger charge is -2.42. The molecule has 0 saturated heterocycles. The first-order chi connectivity index (χ1) is 11.4. The van der Waals surface area contributed by atoms with Gasteiger partial charge < -0.3 is 20.9 Å². The predicted octanol–water partition coefficient (Wildman–Crippen LogP) is 3.44. The Morgan fingerprint density at radius 1 is 1.25 bits per heavy atom. The number of hydrogen-bond donors (Lipinski definition) is 3. The van der Waals surface area contributed by atoms with Crippen molar-refractivity contribution in [1.29, 1.82) is 0 Å². The Labute approximate surface area is 151 Å². The maximum Gasteiger partial charge on any atom is 0.131 e. The van der Waals surface area contributed by atoms with Crippen LogP contribution in [0.1, 0.15) is 31.0 Å². The van der Waals surface area contributed by atoms with Crippen LogP contribution in [-0.4, -0.2) is 23.4 Å². The van der Waals surface area contributed by atoms with Gasteiger partial charge in [0, 0.05) is 21.8 Å². The van der Waals surface area contributed by atoms with E-state index in [1.165, 1.54) is 5.56 Å². The van der Waals surface area contributed by atoms with E-state index in [-0.39, 0.29) is 6.04 Å². The number of rotatable bonds is 4. The molecule has 0 bridgehead atoms. The normalized spacial score (nSPS) is 21.8. The molecule has 0 radical (unpaired) electrons. The second-order valence-corrected chi connectivity index (χ2v) is 7.58. The summed E-state index contributed by atoms with van der Waals surface area (Å²) < 4.78 is 6.78. The van der Waals surface area contributed by atoms with Crippen molar-refractivity contribution < 1.29 is 9.84 Å². The number of nitrogens with two attached hydrogens (primary N) is 1. The maximum absolute atomic E-state index is 10.8. The molecule has 0 spiro atoms. The fourth-order valence-corrected chi connectivity index (χ4v) is 3.43. The van der Waals surface area contributed by atoms with Gasteiger partial charge in [-0.05, 0) is 54.4 Å². The highest BCUT2D eigenvalue weighted by molar-refractivity contribution is 9.10. The van der Waals surface area contributed by atoms with E-state index in [9.17, 15) is 5.11 Å². The van der Waals surface area contributed by atoms with Gasteiger partial charge in [0.15, 0.2) is 0 Å². The number of fused-ring (bicyclic) bond motifs is 1. The van der Waals surface area contributed by atoms with Crippen molar-refractivity contribution in [3.05, 3.63) is 58.1 Å². The second-order valence-electron chi connectivity index (χ2n) is 6.73. The summed E-state index contributed by atoms with van der Waals surface area (Å²) in [5, 5.41) is 14.3. The summed E-state index contributed by atoms with van der Waals surface area (Å²) in [7, 11) is 0. The van der Waals surface area contributed by atoms with Crippen LogP contribution < -0.4 is 15.8 Å². The van der Waals surface area contributed by atoms with Gasteiger partial charge in [-0.3, -0.25) is 0 Å². The molecule has 2 aromatic rings. The molecular formula is C19H23BrN2O2. The summed E-state index contributed by atoms with van der Waals surface area (Å²) in [6, 6.07) is 13.9. The average Bonchev–Trinajstić information content (AvgIpc) is 2.54. The van der Waals surface area contributed by atoms with E-state index < -0.39 is 11.7 Å². The molecule has 2 atom stereocenters. The monoisotopic (exact) mass is 390 g/mol. The summed E-state index contributed by atoms with van der Waals surface area (Å²) in [6.07, 6.45) is 0.243. The Morgan fingerprint density at radius 3 is 2.67 bits per heavy atom. The van der Waals surface area contributed by atoms with Crippen LogP contribution >= 0.6 is 15.9 Å². The zero-order valence-electron chi connectivity index (χ0n) is 13.9. The number of ether oxygens (including phenoxy) is 1. The van der Waals surface area contributed by atoms with E-state index >= 15 is 0 Å². The van der Waals surface area contributed by atoms with E-state index in [0.717, 1.165) is 28.8 Å². The van der Waals surface area contributed by atoms with Gasteiger partial charge >= 0.3 is 0 Å². The SMILES string of the molecule is CC1(C)Oc2cc(N)c(Br)cc2[C@H](NCCc2ccccc2)[C@H]1O. The number of anilines is 1. The van der Waals surface area contributed by atoms with E-state index in [2.05, 4.69) is 33.4 Å². The second kappa shape index (κ2) is 6.75. The van der Waals surface area contributed by atoms with Crippen LogP contribution in [0.5, 0.6) is 5.75 Å². The molecular weight excluding hydrogens is 368 g/mol. The lowest BCUT2D eigenvalue weighted by atomic mass is 9.86. The van der Waals surface area contributed by atoms with Gasteiger partial charge in [0.2, 0.25) is 0 Å². The van der Waals surface area contributed by atoms with Crippen LogP contribution in [0.3, 0.4) is 0 Å². The number of nitrogens with one attached hydrogen (secondary N) is 1. The zero-order chi connectivity index (χ0) is 17.3. The van der Waals surface area contributed by atoms with Gasteiger partial charge in [-0.2, -0.15) is 0 Å². The maximum atomic E-state index is 10.8. The van der Waals surface area contributed by atoms with Crippen molar-refractivity contribution >= 4 is 21.6 Å². The number of nitrogen functional groups attached to an aromatic ring is 1. The molecule has 0 unspecified atom stereocenters. The molecule has 1 aliphatic heterocycles. The Hall–Kier alpha value is -1.56. The Morgan fingerprint density at radius 2 is 1.96 bits per heavy atom. The first kappa shape index (κ1) is 17.3. The van der Waals surface area contributed by atoms with Gasteiger partial charge in [0.05, 0.1) is 6.04 Å².